The van der Waals surface area contributed by atoms with Crippen molar-refractivity contribution in [3.8, 4) is 5.75 Å². The summed E-state index contributed by atoms with van der Waals surface area (Å²) in [6.07, 6.45) is 5.20. The fourth-order valence-corrected chi connectivity index (χ4v) is 3.77. The lowest BCUT2D eigenvalue weighted by molar-refractivity contribution is -0.121. The summed E-state index contributed by atoms with van der Waals surface area (Å²) in [4.78, 5) is 12.5. The van der Waals surface area contributed by atoms with Crippen molar-refractivity contribution in [3.05, 3.63) is 64.9 Å². The lowest BCUT2D eigenvalue weighted by Gasteiger charge is -2.15. The minimum Gasteiger partial charge on any atom is -0.464 e. The summed E-state index contributed by atoms with van der Waals surface area (Å²) in [7, 11) is 0. The Hall–Kier alpha value is -2.89. The second kappa shape index (κ2) is 7.62. The Morgan fingerprint density at radius 3 is 2.61 bits per heavy atom. The van der Waals surface area contributed by atoms with Crippen LogP contribution < -0.4 is 10.1 Å². The molecular weight excluding hydrogens is 364 g/mol. The summed E-state index contributed by atoms with van der Waals surface area (Å²) in [6, 6.07) is 10.2. The Kier molecular flexibility index (Phi) is 5.03. The highest BCUT2D eigenvalue weighted by Gasteiger charge is 2.18. The first-order chi connectivity index (χ1) is 13.5. The van der Waals surface area contributed by atoms with Gasteiger partial charge >= 0.3 is 6.61 Å². The van der Waals surface area contributed by atoms with Gasteiger partial charge in [0.25, 0.3) is 0 Å². The highest BCUT2D eigenvalue weighted by molar-refractivity contribution is 5.88. The third kappa shape index (κ3) is 3.86. The van der Waals surface area contributed by atoms with Crippen molar-refractivity contribution < 1.29 is 22.7 Å². The Morgan fingerprint density at radius 1 is 1.18 bits per heavy atom. The van der Waals surface area contributed by atoms with E-state index in [4.69, 9.17) is 4.42 Å². The molecule has 0 fully saturated rings. The van der Waals surface area contributed by atoms with Crippen LogP contribution in [0.25, 0.3) is 11.0 Å². The smallest absolute Gasteiger partial charge is 0.387 e. The number of benzene rings is 2. The molecule has 6 heteroatoms. The molecule has 2 aromatic carbocycles. The van der Waals surface area contributed by atoms with Gasteiger partial charge in [0.2, 0.25) is 5.91 Å². The monoisotopic (exact) mass is 385 g/mol. The average Bonchev–Trinajstić information content (AvgIpc) is 3.26. The summed E-state index contributed by atoms with van der Waals surface area (Å²) in [5.41, 5.74) is 5.19. The van der Waals surface area contributed by atoms with E-state index in [-0.39, 0.29) is 24.1 Å². The lowest BCUT2D eigenvalue weighted by Crippen LogP contribution is -2.28. The molecule has 1 amide bonds. The number of rotatable bonds is 6. The van der Waals surface area contributed by atoms with Gasteiger partial charge in [0.1, 0.15) is 11.3 Å². The maximum atomic E-state index is 12.5. The Labute approximate surface area is 161 Å². The zero-order valence-electron chi connectivity index (χ0n) is 15.5. The van der Waals surface area contributed by atoms with E-state index in [1.54, 1.807) is 18.4 Å². The summed E-state index contributed by atoms with van der Waals surface area (Å²) in [5.74, 6) is -0.0294. The Balaban J connectivity index is 1.42. The van der Waals surface area contributed by atoms with Crippen LogP contribution in [-0.2, 0) is 24.1 Å². The number of aryl methyl sites for hydroxylation is 2. The normalized spacial score (nSPS) is 14.3. The number of ether oxygens (including phenoxy) is 1. The number of carbonyl (C=O) groups is 1. The van der Waals surface area contributed by atoms with Crippen LogP contribution in [0.15, 0.2) is 47.1 Å². The predicted octanol–water partition coefficient (Wildman–Crippen LogP) is 4.94. The first-order valence-electron chi connectivity index (χ1n) is 9.35. The minimum atomic E-state index is -2.85. The molecule has 4 rings (SSSR count). The topological polar surface area (TPSA) is 51.5 Å². The molecule has 1 aliphatic carbocycles. The Morgan fingerprint density at radius 2 is 1.89 bits per heavy atom. The second-order valence-electron chi connectivity index (χ2n) is 7.15. The summed E-state index contributed by atoms with van der Waals surface area (Å²) >= 11 is 0. The number of fused-ring (bicyclic) bond motifs is 2. The summed E-state index contributed by atoms with van der Waals surface area (Å²) in [6.45, 7) is -1.00. The maximum Gasteiger partial charge on any atom is 0.387 e. The molecule has 1 unspecified atom stereocenters. The summed E-state index contributed by atoms with van der Waals surface area (Å²) in [5, 5.41) is 3.94. The highest BCUT2D eigenvalue weighted by Crippen LogP contribution is 2.30. The number of halogens is 2. The second-order valence-corrected chi connectivity index (χ2v) is 7.15. The SMILES string of the molecule is CC(NC(=O)Cc1coc2cc3c(cc12)CCC3)c1ccc(OC(F)F)cc1. The van der Waals surface area contributed by atoms with Gasteiger partial charge in [0.15, 0.2) is 0 Å². The molecule has 3 aromatic rings. The molecule has 1 aromatic heterocycles. The van der Waals surface area contributed by atoms with E-state index in [0.717, 1.165) is 41.4 Å². The molecule has 1 aliphatic rings. The minimum absolute atomic E-state index is 0.0923. The highest BCUT2D eigenvalue weighted by atomic mass is 19.3. The van der Waals surface area contributed by atoms with Crippen molar-refractivity contribution in [1.29, 1.82) is 0 Å². The largest absolute Gasteiger partial charge is 0.464 e. The molecule has 1 heterocycles. The van der Waals surface area contributed by atoms with Gasteiger partial charge in [-0.2, -0.15) is 8.78 Å². The van der Waals surface area contributed by atoms with Crippen LogP contribution in [0.4, 0.5) is 8.78 Å². The summed E-state index contributed by atoms with van der Waals surface area (Å²) < 4.78 is 34.5. The van der Waals surface area contributed by atoms with Gasteiger partial charge in [-0.1, -0.05) is 12.1 Å². The third-order valence-corrected chi connectivity index (χ3v) is 5.20. The lowest BCUT2D eigenvalue weighted by atomic mass is 10.0. The van der Waals surface area contributed by atoms with Gasteiger partial charge in [-0.05, 0) is 67.1 Å². The number of alkyl halides is 2. The van der Waals surface area contributed by atoms with Crippen LogP contribution in [0.2, 0.25) is 0 Å². The molecule has 1 N–H and O–H groups in total. The van der Waals surface area contributed by atoms with Crippen molar-refractivity contribution in [3.63, 3.8) is 0 Å². The van der Waals surface area contributed by atoms with Gasteiger partial charge in [0, 0.05) is 10.9 Å². The van der Waals surface area contributed by atoms with Crippen LogP contribution in [0.3, 0.4) is 0 Å². The van der Waals surface area contributed by atoms with Crippen LogP contribution in [-0.4, -0.2) is 12.5 Å². The van der Waals surface area contributed by atoms with E-state index in [9.17, 15) is 13.6 Å². The fraction of sp³-hybridized carbons (Fsp3) is 0.318. The van der Waals surface area contributed by atoms with E-state index in [0.29, 0.717) is 0 Å². The van der Waals surface area contributed by atoms with Crippen molar-refractivity contribution in [1.82, 2.24) is 5.32 Å². The molecule has 28 heavy (non-hydrogen) atoms. The van der Waals surface area contributed by atoms with E-state index < -0.39 is 6.61 Å². The van der Waals surface area contributed by atoms with Crippen molar-refractivity contribution in [2.24, 2.45) is 0 Å². The molecule has 0 bridgehead atoms. The van der Waals surface area contributed by atoms with E-state index in [1.807, 2.05) is 6.92 Å². The molecule has 0 aliphatic heterocycles. The molecule has 4 nitrogen and oxygen atoms in total. The maximum absolute atomic E-state index is 12.5. The molecule has 0 spiro atoms. The number of hydrogen-bond acceptors (Lipinski definition) is 3. The van der Waals surface area contributed by atoms with E-state index in [2.05, 4.69) is 22.2 Å². The molecule has 0 saturated heterocycles. The van der Waals surface area contributed by atoms with Gasteiger partial charge in [-0.3, -0.25) is 4.79 Å². The van der Waals surface area contributed by atoms with Gasteiger partial charge < -0.3 is 14.5 Å². The zero-order valence-corrected chi connectivity index (χ0v) is 15.5. The van der Waals surface area contributed by atoms with Crippen molar-refractivity contribution in [2.45, 2.75) is 45.3 Å². The van der Waals surface area contributed by atoms with Crippen LogP contribution >= 0.6 is 0 Å². The van der Waals surface area contributed by atoms with Crippen LogP contribution in [0.5, 0.6) is 5.75 Å². The number of hydrogen-bond donors (Lipinski definition) is 1. The first-order valence-corrected chi connectivity index (χ1v) is 9.35. The van der Waals surface area contributed by atoms with Crippen molar-refractivity contribution >= 4 is 16.9 Å². The zero-order chi connectivity index (χ0) is 19.7. The molecule has 0 radical (unpaired) electrons. The predicted molar refractivity (Wildman–Crippen MR) is 102 cm³/mol. The van der Waals surface area contributed by atoms with Gasteiger partial charge in [0.05, 0.1) is 18.7 Å². The molecule has 1 atom stereocenters. The Bertz CT molecular complexity index is 995. The number of furan rings is 1. The van der Waals surface area contributed by atoms with E-state index >= 15 is 0 Å². The van der Waals surface area contributed by atoms with Gasteiger partial charge in [-0.25, -0.2) is 0 Å². The van der Waals surface area contributed by atoms with Gasteiger partial charge in [-0.15, -0.1) is 0 Å². The number of amides is 1. The number of carbonyl (C=O) groups excluding carboxylic acids is 1. The number of nitrogens with one attached hydrogen (secondary N) is 1. The molecular formula is C22H21F2NO3. The van der Waals surface area contributed by atoms with Crippen LogP contribution in [0, 0.1) is 0 Å². The molecule has 146 valence electrons. The molecule has 0 saturated carbocycles. The van der Waals surface area contributed by atoms with Crippen molar-refractivity contribution in [2.75, 3.05) is 0 Å². The quantitative estimate of drug-likeness (QED) is 0.654. The standard InChI is InChI=1S/C22H21F2NO3/c1-13(14-5-7-18(8-6-14)28-22(23)24)25-21(26)11-17-12-27-20-10-16-4-2-3-15(16)9-19(17)20/h5-10,12-13,22H,2-4,11H2,1H3,(H,25,26). The van der Waals surface area contributed by atoms with E-state index in [1.165, 1.54) is 23.3 Å². The first kappa shape index (κ1) is 18.5. The average molecular weight is 385 g/mol. The van der Waals surface area contributed by atoms with Crippen LogP contribution in [0.1, 0.15) is 41.6 Å². The third-order valence-electron chi connectivity index (χ3n) is 5.20. The fourth-order valence-electron chi connectivity index (χ4n) is 3.77.